The van der Waals surface area contributed by atoms with Gasteiger partial charge < -0.3 is 9.47 Å². The lowest BCUT2D eigenvalue weighted by molar-refractivity contribution is -0.384. The highest BCUT2D eigenvalue weighted by Crippen LogP contribution is 2.21. The molecule has 0 N–H and O–H groups in total. The summed E-state index contributed by atoms with van der Waals surface area (Å²) in [5, 5.41) is 28.2. The highest BCUT2D eigenvalue weighted by Gasteiger charge is 2.05. The first-order chi connectivity index (χ1) is 12.1. The first kappa shape index (κ1) is 17.5. The summed E-state index contributed by atoms with van der Waals surface area (Å²) in [5.41, 5.74) is 0.601. The smallest absolute Gasteiger partial charge is 0.269 e. The minimum atomic E-state index is -0.478. The number of nitrogens with zero attached hydrogens (tertiary/aromatic N) is 3. The standard InChI is InChI=1S/C18H13N3O4/c19-12-14(13-20)11-15-3-1-2-4-18(15)25-10-9-24-17-7-5-16(6-8-17)21(22)23/h1-8,11H,9-10H2. The van der Waals surface area contributed by atoms with Crippen molar-refractivity contribution in [3.05, 3.63) is 69.8 Å². The predicted molar refractivity (Wildman–Crippen MR) is 89.7 cm³/mol. The zero-order chi connectivity index (χ0) is 18.1. The molecular formula is C18H13N3O4. The fourth-order valence-corrected chi connectivity index (χ4v) is 1.95. The number of nitriles is 2. The first-order valence-electron chi connectivity index (χ1n) is 7.25. The lowest BCUT2D eigenvalue weighted by Gasteiger charge is -2.10. The third-order valence-corrected chi connectivity index (χ3v) is 3.12. The maximum atomic E-state index is 10.6. The molecule has 0 heterocycles. The fourth-order valence-electron chi connectivity index (χ4n) is 1.95. The molecule has 0 bridgehead atoms. The second kappa shape index (κ2) is 8.70. The number of allylic oxidation sites excluding steroid dienone is 1. The Morgan fingerprint density at radius 1 is 1.04 bits per heavy atom. The molecule has 0 fully saturated rings. The second-order valence-corrected chi connectivity index (χ2v) is 4.77. The van der Waals surface area contributed by atoms with Gasteiger partial charge in [-0.15, -0.1) is 0 Å². The number of ether oxygens (including phenoxy) is 2. The van der Waals surface area contributed by atoms with Gasteiger partial charge in [-0.3, -0.25) is 10.1 Å². The van der Waals surface area contributed by atoms with Gasteiger partial charge in [0.05, 0.1) is 4.92 Å². The molecule has 2 aromatic rings. The molecule has 0 saturated heterocycles. The Hall–Kier alpha value is -3.84. The number of hydrogen-bond donors (Lipinski definition) is 0. The minimum Gasteiger partial charge on any atom is -0.490 e. The number of rotatable bonds is 7. The van der Waals surface area contributed by atoms with Crippen LogP contribution in [-0.4, -0.2) is 18.1 Å². The van der Waals surface area contributed by atoms with E-state index in [0.29, 0.717) is 17.1 Å². The van der Waals surface area contributed by atoms with Crippen molar-refractivity contribution in [2.45, 2.75) is 0 Å². The number of nitro groups is 1. The van der Waals surface area contributed by atoms with Gasteiger partial charge in [-0.1, -0.05) is 18.2 Å². The summed E-state index contributed by atoms with van der Waals surface area (Å²) >= 11 is 0. The molecule has 0 aromatic heterocycles. The molecule has 0 saturated carbocycles. The van der Waals surface area contributed by atoms with Crippen LogP contribution in [0.1, 0.15) is 5.56 Å². The molecule has 0 spiro atoms. The zero-order valence-corrected chi connectivity index (χ0v) is 13.1. The summed E-state index contributed by atoms with van der Waals surface area (Å²) in [5.74, 6) is 1.02. The SMILES string of the molecule is N#CC(C#N)=Cc1ccccc1OCCOc1ccc([N+](=O)[O-])cc1. The maximum Gasteiger partial charge on any atom is 0.269 e. The monoisotopic (exact) mass is 335 g/mol. The Balaban J connectivity index is 1.92. The summed E-state index contributed by atoms with van der Waals surface area (Å²) in [7, 11) is 0. The van der Waals surface area contributed by atoms with Crippen LogP contribution in [0.2, 0.25) is 0 Å². The summed E-state index contributed by atoms with van der Waals surface area (Å²) in [6.45, 7) is 0.468. The Kier molecular flexibility index (Phi) is 6.10. The first-order valence-corrected chi connectivity index (χ1v) is 7.25. The van der Waals surface area contributed by atoms with Crippen molar-refractivity contribution in [3.63, 3.8) is 0 Å². The summed E-state index contributed by atoms with van der Waals surface area (Å²) in [6.07, 6.45) is 1.45. The Labute approximate surface area is 144 Å². The van der Waals surface area contributed by atoms with Crippen molar-refractivity contribution in [2.75, 3.05) is 13.2 Å². The number of hydrogen-bond acceptors (Lipinski definition) is 6. The molecule has 7 nitrogen and oxygen atoms in total. The zero-order valence-electron chi connectivity index (χ0n) is 13.1. The Morgan fingerprint density at radius 2 is 1.68 bits per heavy atom. The van der Waals surface area contributed by atoms with Gasteiger partial charge in [0.15, 0.2) is 0 Å². The van der Waals surface area contributed by atoms with Crippen molar-refractivity contribution in [1.29, 1.82) is 10.5 Å². The average Bonchev–Trinajstić information content (AvgIpc) is 2.64. The Bertz CT molecular complexity index is 845. The van der Waals surface area contributed by atoms with Crippen LogP contribution in [0.25, 0.3) is 6.08 Å². The van der Waals surface area contributed by atoms with E-state index < -0.39 is 4.92 Å². The lowest BCUT2D eigenvalue weighted by Crippen LogP contribution is -2.09. The van der Waals surface area contributed by atoms with Crippen LogP contribution >= 0.6 is 0 Å². The normalized spacial score (nSPS) is 9.36. The summed E-state index contributed by atoms with van der Waals surface area (Å²) in [6, 6.07) is 16.4. The minimum absolute atomic E-state index is 0.00453. The van der Waals surface area contributed by atoms with Gasteiger partial charge in [-0.2, -0.15) is 10.5 Å². The molecule has 25 heavy (non-hydrogen) atoms. The van der Waals surface area contributed by atoms with E-state index in [1.807, 2.05) is 0 Å². The van der Waals surface area contributed by atoms with E-state index in [1.54, 1.807) is 36.4 Å². The number of nitro benzene ring substituents is 1. The molecule has 2 aromatic carbocycles. The number of para-hydroxylation sites is 1. The van der Waals surface area contributed by atoms with E-state index in [1.165, 1.54) is 30.3 Å². The van der Waals surface area contributed by atoms with Gasteiger partial charge in [-0.25, -0.2) is 0 Å². The van der Waals surface area contributed by atoms with Gasteiger partial charge in [0, 0.05) is 17.7 Å². The fraction of sp³-hybridized carbons (Fsp3) is 0.111. The molecule has 0 atom stereocenters. The molecule has 0 aliphatic heterocycles. The van der Waals surface area contributed by atoms with Crippen LogP contribution in [-0.2, 0) is 0 Å². The van der Waals surface area contributed by atoms with Crippen LogP contribution in [0.3, 0.4) is 0 Å². The van der Waals surface area contributed by atoms with Crippen LogP contribution in [0, 0.1) is 32.8 Å². The molecule has 0 radical (unpaired) electrons. The van der Waals surface area contributed by atoms with E-state index >= 15 is 0 Å². The van der Waals surface area contributed by atoms with Crippen LogP contribution in [0.15, 0.2) is 54.1 Å². The molecule has 0 unspecified atom stereocenters. The lowest BCUT2D eigenvalue weighted by atomic mass is 10.1. The highest BCUT2D eigenvalue weighted by molar-refractivity contribution is 5.66. The van der Waals surface area contributed by atoms with E-state index in [0.717, 1.165) is 0 Å². The molecular weight excluding hydrogens is 322 g/mol. The molecule has 0 aliphatic carbocycles. The van der Waals surface area contributed by atoms with Gasteiger partial charge in [-0.05, 0) is 24.3 Å². The highest BCUT2D eigenvalue weighted by atomic mass is 16.6. The Morgan fingerprint density at radius 3 is 2.32 bits per heavy atom. The van der Waals surface area contributed by atoms with Crippen molar-refractivity contribution < 1.29 is 14.4 Å². The molecule has 2 rings (SSSR count). The van der Waals surface area contributed by atoms with Crippen molar-refractivity contribution in [2.24, 2.45) is 0 Å². The van der Waals surface area contributed by atoms with E-state index in [9.17, 15) is 10.1 Å². The average molecular weight is 335 g/mol. The summed E-state index contributed by atoms with van der Waals surface area (Å²) < 4.78 is 11.1. The number of benzene rings is 2. The van der Waals surface area contributed by atoms with E-state index in [-0.39, 0.29) is 24.5 Å². The molecule has 124 valence electrons. The van der Waals surface area contributed by atoms with Gasteiger partial charge in [0.1, 0.15) is 42.4 Å². The van der Waals surface area contributed by atoms with Crippen LogP contribution < -0.4 is 9.47 Å². The van der Waals surface area contributed by atoms with Crippen molar-refractivity contribution in [1.82, 2.24) is 0 Å². The largest absolute Gasteiger partial charge is 0.490 e. The van der Waals surface area contributed by atoms with Gasteiger partial charge in [0.25, 0.3) is 5.69 Å². The van der Waals surface area contributed by atoms with Crippen LogP contribution in [0.5, 0.6) is 11.5 Å². The predicted octanol–water partition coefficient (Wildman–Crippen LogP) is 3.48. The summed E-state index contributed by atoms with van der Waals surface area (Å²) in [4.78, 5) is 10.1. The second-order valence-electron chi connectivity index (χ2n) is 4.77. The molecule has 0 aliphatic rings. The van der Waals surface area contributed by atoms with E-state index in [4.69, 9.17) is 20.0 Å². The molecule has 7 heteroatoms. The quantitative estimate of drug-likeness (QED) is 0.331. The maximum absolute atomic E-state index is 10.6. The third-order valence-electron chi connectivity index (χ3n) is 3.12. The third kappa shape index (κ3) is 5.08. The molecule has 0 amide bonds. The van der Waals surface area contributed by atoms with Gasteiger partial charge in [0.2, 0.25) is 0 Å². The van der Waals surface area contributed by atoms with E-state index in [2.05, 4.69) is 0 Å². The van der Waals surface area contributed by atoms with Gasteiger partial charge >= 0.3 is 0 Å². The van der Waals surface area contributed by atoms with Crippen molar-refractivity contribution >= 4 is 11.8 Å². The topological polar surface area (TPSA) is 109 Å². The van der Waals surface area contributed by atoms with Crippen molar-refractivity contribution in [3.8, 4) is 23.6 Å². The number of non-ortho nitro benzene ring substituents is 1. The van der Waals surface area contributed by atoms with Crippen LogP contribution in [0.4, 0.5) is 5.69 Å².